The fraction of sp³-hybridized carbons (Fsp3) is 1.00. The molecule has 0 amide bonds. The van der Waals surface area contributed by atoms with E-state index in [2.05, 4.69) is 19.2 Å². The molecule has 0 aromatic rings. The van der Waals surface area contributed by atoms with Gasteiger partial charge in [-0.05, 0) is 25.3 Å². The monoisotopic (exact) mass is 267 g/mol. The van der Waals surface area contributed by atoms with Crippen LogP contribution in [0.25, 0.3) is 0 Å². The molecular weight excluding hydrogens is 230 g/mol. The zero-order chi connectivity index (χ0) is 13.8. The van der Waals surface area contributed by atoms with Crippen molar-refractivity contribution in [1.29, 1.82) is 0 Å². The molecule has 1 aliphatic rings. The summed E-state index contributed by atoms with van der Waals surface area (Å²) < 4.78 is 0. The Morgan fingerprint density at radius 2 is 1.58 bits per heavy atom. The lowest BCUT2D eigenvalue weighted by atomic mass is 9.84. The molecule has 0 bridgehead atoms. The van der Waals surface area contributed by atoms with E-state index in [0.717, 1.165) is 18.5 Å². The molecule has 0 heterocycles. The molecule has 19 heavy (non-hydrogen) atoms. The molecular formula is C18H37N. The van der Waals surface area contributed by atoms with Crippen LogP contribution in [0.5, 0.6) is 0 Å². The van der Waals surface area contributed by atoms with E-state index in [1.807, 2.05) is 0 Å². The zero-order valence-corrected chi connectivity index (χ0v) is 13.6. The molecule has 0 radical (unpaired) electrons. The topological polar surface area (TPSA) is 12.0 Å². The van der Waals surface area contributed by atoms with Gasteiger partial charge in [-0.1, -0.05) is 84.5 Å². The molecule has 114 valence electrons. The minimum atomic E-state index is 0.805. The Morgan fingerprint density at radius 3 is 2.26 bits per heavy atom. The van der Waals surface area contributed by atoms with Gasteiger partial charge in [-0.25, -0.2) is 0 Å². The van der Waals surface area contributed by atoms with E-state index in [9.17, 15) is 0 Å². The van der Waals surface area contributed by atoms with E-state index in [1.165, 1.54) is 83.5 Å². The predicted octanol–water partition coefficient (Wildman–Crippen LogP) is 5.69. The smallest absolute Gasteiger partial charge is 0.00695 e. The molecule has 0 spiro atoms. The first kappa shape index (κ1) is 17.0. The van der Waals surface area contributed by atoms with Crippen LogP contribution in [0.1, 0.15) is 97.3 Å². The van der Waals surface area contributed by atoms with Crippen LogP contribution < -0.4 is 5.32 Å². The second kappa shape index (κ2) is 11.8. The Bertz CT molecular complexity index is 184. The van der Waals surface area contributed by atoms with Crippen molar-refractivity contribution in [2.45, 2.75) is 103 Å². The first-order chi connectivity index (χ1) is 9.36. The van der Waals surface area contributed by atoms with Crippen LogP contribution in [0.3, 0.4) is 0 Å². The number of rotatable bonds is 11. The van der Waals surface area contributed by atoms with Crippen molar-refractivity contribution in [3.05, 3.63) is 0 Å². The van der Waals surface area contributed by atoms with E-state index in [0.29, 0.717) is 0 Å². The second-order valence-corrected chi connectivity index (χ2v) is 6.55. The van der Waals surface area contributed by atoms with Gasteiger partial charge in [0.1, 0.15) is 0 Å². The third kappa shape index (κ3) is 8.68. The van der Waals surface area contributed by atoms with Gasteiger partial charge in [0, 0.05) is 6.04 Å². The summed E-state index contributed by atoms with van der Waals surface area (Å²) in [6, 6.07) is 0.805. The van der Waals surface area contributed by atoms with Gasteiger partial charge < -0.3 is 5.32 Å². The van der Waals surface area contributed by atoms with Gasteiger partial charge in [0.2, 0.25) is 0 Å². The van der Waals surface area contributed by atoms with Crippen LogP contribution in [0.15, 0.2) is 0 Å². The summed E-state index contributed by atoms with van der Waals surface area (Å²) in [6.07, 6.45) is 18.9. The standard InChI is InChI=1S/C18H37N/c1-3-5-6-7-8-12-15-18(19-4-2)16-17-13-10-9-11-14-17/h17-19H,3-16H2,1-2H3. The molecule has 1 aliphatic carbocycles. The molecule has 0 saturated heterocycles. The normalized spacial score (nSPS) is 18.6. The lowest BCUT2D eigenvalue weighted by Crippen LogP contribution is -2.31. The molecule has 1 nitrogen and oxygen atoms in total. The Balaban J connectivity index is 2.09. The largest absolute Gasteiger partial charge is 0.314 e. The summed E-state index contributed by atoms with van der Waals surface area (Å²) in [7, 11) is 0. The average Bonchev–Trinajstić information content (AvgIpc) is 2.44. The summed E-state index contributed by atoms with van der Waals surface area (Å²) in [5, 5.41) is 3.73. The van der Waals surface area contributed by atoms with E-state index in [4.69, 9.17) is 0 Å². The van der Waals surface area contributed by atoms with Crippen molar-refractivity contribution in [1.82, 2.24) is 5.32 Å². The maximum atomic E-state index is 3.73. The van der Waals surface area contributed by atoms with Gasteiger partial charge in [0.25, 0.3) is 0 Å². The predicted molar refractivity (Wildman–Crippen MR) is 86.6 cm³/mol. The minimum Gasteiger partial charge on any atom is -0.314 e. The van der Waals surface area contributed by atoms with Crippen molar-refractivity contribution in [3.63, 3.8) is 0 Å². The molecule has 1 saturated carbocycles. The molecule has 1 unspecified atom stereocenters. The van der Waals surface area contributed by atoms with Crippen LogP contribution >= 0.6 is 0 Å². The fourth-order valence-corrected chi connectivity index (χ4v) is 3.59. The Labute approximate surface area is 121 Å². The van der Waals surface area contributed by atoms with Crippen LogP contribution in [-0.4, -0.2) is 12.6 Å². The number of hydrogen-bond donors (Lipinski definition) is 1. The molecule has 1 fully saturated rings. The van der Waals surface area contributed by atoms with E-state index in [-0.39, 0.29) is 0 Å². The lowest BCUT2D eigenvalue weighted by molar-refractivity contribution is 0.289. The van der Waals surface area contributed by atoms with Gasteiger partial charge in [-0.3, -0.25) is 0 Å². The molecule has 0 aromatic heterocycles. The SMILES string of the molecule is CCCCCCCCC(CC1CCCCC1)NCC. The minimum absolute atomic E-state index is 0.805. The van der Waals surface area contributed by atoms with Crippen LogP contribution in [0.4, 0.5) is 0 Å². The van der Waals surface area contributed by atoms with Crippen molar-refractivity contribution in [3.8, 4) is 0 Å². The van der Waals surface area contributed by atoms with Gasteiger partial charge in [-0.2, -0.15) is 0 Å². The quantitative estimate of drug-likeness (QED) is 0.474. The first-order valence-electron chi connectivity index (χ1n) is 9.10. The highest BCUT2D eigenvalue weighted by atomic mass is 14.9. The zero-order valence-electron chi connectivity index (χ0n) is 13.6. The molecule has 1 heteroatoms. The first-order valence-corrected chi connectivity index (χ1v) is 9.10. The second-order valence-electron chi connectivity index (χ2n) is 6.55. The third-order valence-corrected chi connectivity index (χ3v) is 4.74. The Hall–Kier alpha value is -0.0400. The molecule has 0 aromatic carbocycles. The summed E-state index contributed by atoms with van der Waals surface area (Å²) >= 11 is 0. The van der Waals surface area contributed by atoms with Crippen LogP contribution in [0, 0.1) is 5.92 Å². The van der Waals surface area contributed by atoms with Crippen molar-refractivity contribution in [2.75, 3.05) is 6.54 Å². The number of unbranched alkanes of at least 4 members (excludes halogenated alkanes) is 5. The van der Waals surface area contributed by atoms with E-state index >= 15 is 0 Å². The summed E-state index contributed by atoms with van der Waals surface area (Å²) in [5.74, 6) is 1.03. The van der Waals surface area contributed by atoms with Crippen LogP contribution in [0.2, 0.25) is 0 Å². The highest BCUT2D eigenvalue weighted by Gasteiger charge is 2.18. The van der Waals surface area contributed by atoms with Gasteiger partial charge >= 0.3 is 0 Å². The summed E-state index contributed by atoms with van der Waals surface area (Å²) in [5.41, 5.74) is 0. The van der Waals surface area contributed by atoms with E-state index in [1.54, 1.807) is 0 Å². The van der Waals surface area contributed by atoms with Crippen LogP contribution in [-0.2, 0) is 0 Å². The van der Waals surface area contributed by atoms with E-state index < -0.39 is 0 Å². The number of hydrogen-bond acceptors (Lipinski definition) is 1. The van der Waals surface area contributed by atoms with Crippen molar-refractivity contribution >= 4 is 0 Å². The maximum Gasteiger partial charge on any atom is 0.00695 e. The summed E-state index contributed by atoms with van der Waals surface area (Å²) in [6.45, 7) is 5.70. The van der Waals surface area contributed by atoms with Crippen molar-refractivity contribution in [2.24, 2.45) is 5.92 Å². The number of nitrogens with one attached hydrogen (secondary N) is 1. The summed E-state index contributed by atoms with van der Waals surface area (Å²) in [4.78, 5) is 0. The Morgan fingerprint density at radius 1 is 0.895 bits per heavy atom. The van der Waals surface area contributed by atoms with Gasteiger partial charge in [0.05, 0.1) is 0 Å². The molecule has 1 rings (SSSR count). The molecule has 0 aliphatic heterocycles. The highest BCUT2D eigenvalue weighted by molar-refractivity contribution is 4.74. The fourth-order valence-electron chi connectivity index (χ4n) is 3.59. The lowest BCUT2D eigenvalue weighted by Gasteiger charge is -2.27. The molecule has 1 atom stereocenters. The molecule has 1 N–H and O–H groups in total. The third-order valence-electron chi connectivity index (χ3n) is 4.74. The highest BCUT2D eigenvalue weighted by Crippen LogP contribution is 2.28. The average molecular weight is 268 g/mol. The maximum absolute atomic E-state index is 3.73. The van der Waals surface area contributed by atoms with Gasteiger partial charge in [0.15, 0.2) is 0 Å². The Kier molecular flexibility index (Phi) is 10.5. The van der Waals surface area contributed by atoms with Gasteiger partial charge in [-0.15, -0.1) is 0 Å². The van der Waals surface area contributed by atoms with Crippen molar-refractivity contribution < 1.29 is 0 Å².